The first kappa shape index (κ1) is 21.1. The maximum atomic E-state index is 12.3. The van der Waals surface area contributed by atoms with Crippen LogP contribution in [0.25, 0.3) is 0 Å². The summed E-state index contributed by atoms with van der Waals surface area (Å²) in [6.45, 7) is -0.377. The molecule has 4 rings (SSSR count). The van der Waals surface area contributed by atoms with Crippen LogP contribution in [-0.4, -0.2) is 50.6 Å². The van der Waals surface area contributed by atoms with Gasteiger partial charge in [0.25, 0.3) is 5.91 Å². The number of rotatable bonds is 6. The Morgan fingerprint density at radius 2 is 1.81 bits per heavy atom. The SMILES string of the molecule is O=C(Nc1ccn([C@@H]2O[C@H](CO)C(O)C2Oc2ccccc2)c(=S)n1)c1ccccc1. The fourth-order valence-corrected chi connectivity index (χ4v) is 3.59. The highest BCUT2D eigenvalue weighted by atomic mass is 32.1. The molecule has 0 saturated carbocycles. The highest BCUT2D eigenvalue weighted by Gasteiger charge is 2.46. The average molecular weight is 439 g/mol. The number of ether oxygens (including phenoxy) is 2. The maximum Gasteiger partial charge on any atom is 0.256 e. The molecule has 0 bridgehead atoms. The second kappa shape index (κ2) is 9.36. The van der Waals surface area contributed by atoms with E-state index in [4.69, 9.17) is 21.7 Å². The van der Waals surface area contributed by atoms with Crippen molar-refractivity contribution in [3.05, 3.63) is 83.3 Å². The van der Waals surface area contributed by atoms with Crippen LogP contribution in [0.15, 0.2) is 72.9 Å². The Morgan fingerprint density at radius 1 is 1.13 bits per heavy atom. The van der Waals surface area contributed by atoms with E-state index in [1.54, 1.807) is 48.7 Å². The Labute approximate surface area is 183 Å². The van der Waals surface area contributed by atoms with Gasteiger partial charge in [-0.25, -0.2) is 4.98 Å². The second-order valence-electron chi connectivity index (χ2n) is 6.96. The number of hydrogen-bond donors (Lipinski definition) is 3. The lowest BCUT2D eigenvalue weighted by atomic mass is 10.1. The number of carbonyl (C=O) groups is 1. The number of carbonyl (C=O) groups excluding carboxylic acids is 1. The minimum absolute atomic E-state index is 0.128. The molecular formula is C22H21N3O5S. The molecule has 31 heavy (non-hydrogen) atoms. The van der Waals surface area contributed by atoms with E-state index in [2.05, 4.69) is 10.3 Å². The van der Waals surface area contributed by atoms with Gasteiger partial charge in [0.15, 0.2) is 12.3 Å². The van der Waals surface area contributed by atoms with Gasteiger partial charge in [-0.2, -0.15) is 0 Å². The summed E-state index contributed by atoms with van der Waals surface area (Å²) in [5.41, 5.74) is 0.497. The number of nitrogens with zero attached hydrogens (tertiary/aromatic N) is 2. The van der Waals surface area contributed by atoms with Crippen LogP contribution < -0.4 is 10.1 Å². The average Bonchev–Trinajstić information content (AvgIpc) is 3.10. The largest absolute Gasteiger partial charge is 0.483 e. The highest BCUT2D eigenvalue weighted by molar-refractivity contribution is 7.71. The zero-order valence-electron chi connectivity index (χ0n) is 16.4. The van der Waals surface area contributed by atoms with Crippen molar-refractivity contribution in [3.63, 3.8) is 0 Å². The van der Waals surface area contributed by atoms with Gasteiger partial charge in [0.2, 0.25) is 4.77 Å². The summed E-state index contributed by atoms with van der Waals surface area (Å²) in [5.74, 6) is 0.524. The third kappa shape index (κ3) is 4.64. The quantitative estimate of drug-likeness (QED) is 0.507. The molecular weight excluding hydrogens is 418 g/mol. The van der Waals surface area contributed by atoms with Crippen molar-refractivity contribution in [1.29, 1.82) is 0 Å². The number of aliphatic hydroxyl groups is 2. The molecule has 1 saturated heterocycles. The van der Waals surface area contributed by atoms with Crippen LogP contribution in [0.4, 0.5) is 5.82 Å². The first-order valence-electron chi connectivity index (χ1n) is 9.68. The van der Waals surface area contributed by atoms with Crippen LogP contribution in [0, 0.1) is 4.77 Å². The van der Waals surface area contributed by atoms with Crippen molar-refractivity contribution in [1.82, 2.24) is 9.55 Å². The van der Waals surface area contributed by atoms with Crippen LogP contribution >= 0.6 is 12.2 Å². The van der Waals surface area contributed by atoms with Gasteiger partial charge in [-0.05, 0) is 42.5 Å². The van der Waals surface area contributed by atoms with E-state index < -0.39 is 24.5 Å². The number of benzene rings is 2. The van der Waals surface area contributed by atoms with Crippen molar-refractivity contribution in [2.24, 2.45) is 0 Å². The number of para-hydroxylation sites is 1. The van der Waals surface area contributed by atoms with E-state index in [9.17, 15) is 15.0 Å². The summed E-state index contributed by atoms with van der Waals surface area (Å²) in [4.78, 5) is 16.6. The summed E-state index contributed by atoms with van der Waals surface area (Å²) in [6, 6.07) is 19.3. The van der Waals surface area contributed by atoms with Crippen molar-refractivity contribution in [3.8, 4) is 5.75 Å². The van der Waals surface area contributed by atoms with E-state index in [0.717, 1.165) is 0 Å². The minimum atomic E-state index is -1.07. The number of amides is 1. The van der Waals surface area contributed by atoms with Crippen molar-refractivity contribution >= 4 is 23.9 Å². The normalized spacial score (nSPS) is 22.8. The Morgan fingerprint density at radius 3 is 2.45 bits per heavy atom. The Hall–Kier alpha value is -3.11. The Kier molecular flexibility index (Phi) is 6.38. The van der Waals surface area contributed by atoms with E-state index >= 15 is 0 Å². The molecule has 4 atom stereocenters. The van der Waals surface area contributed by atoms with Crippen molar-refractivity contribution < 1.29 is 24.5 Å². The van der Waals surface area contributed by atoms with E-state index in [-0.39, 0.29) is 23.1 Å². The summed E-state index contributed by atoms with van der Waals surface area (Å²) in [5, 5.41) is 22.9. The molecule has 1 aliphatic heterocycles. The van der Waals surface area contributed by atoms with Gasteiger partial charge >= 0.3 is 0 Å². The van der Waals surface area contributed by atoms with Gasteiger partial charge in [0.1, 0.15) is 23.8 Å². The number of aromatic nitrogens is 2. The van der Waals surface area contributed by atoms with Gasteiger partial charge in [0, 0.05) is 11.8 Å². The molecule has 9 heteroatoms. The maximum absolute atomic E-state index is 12.3. The molecule has 2 aromatic carbocycles. The van der Waals surface area contributed by atoms with E-state index in [1.165, 1.54) is 4.57 Å². The molecule has 3 N–H and O–H groups in total. The lowest BCUT2D eigenvalue weighted by Gasteiger charge is -2.24. The van der Waals surface area contributed by atoms with Crippen molar-refractivity contribution in [2.45, 2.75) is 24.5 Å². The molecule has 1 aromatic heterocycles. The van der Waals surface area contributed by atoms with Gasteiger partial charge in [0.05, 0.1) is 6.61 Å². The predicted molar refractivity (Wildman–Crippen MR) is 115 cm³/mol. The zero-order chi connectivity index (χ0) is 21.8. The van der Waals surface area contributed by atoms with Gasteiger partial charge < -0.3 is 25.0 Å². The summed E-state index contributed by atoms with van der Waals surface area (Å²) in [6.07, 6.45) is -1.94. The van der Waals surface area contributed by atoms with Gasteiger partial charge in [-0.1, -0.05) is 36.4 Å². The van der Waals surface area contributed by atoms with Crippen LogP contribution in [0.3, 0.4) is 0 Å². The number of hydrogen-bond acceptors (Lipinski definition) is 7. The molecule has 8 nitrogen and oxygen atoms in total. The Balaban J connectivity index is 1.57. The third-order valence-corrected chi connectivity index (χ3v) is 5.19. The molecule has 1 amide bonds. The summed E-state index contributed by atoms with van der Waals surface area (Å²) >= 11 is 5.40. The van der Waals surface area contributed by atoms with Crippen LogP contribution in [0.2, 0.25) is 0 Å². The molecule has 1 aliphatic rings. The zero-order valence-corrected chi connectivity index (χ0v) is 17.2. The molecule has 2 unspecified atom stereocenters. The molecule has 2 heterocycles. The summed E-state index contributed by atoms with van der Waals surface area (Å²) in [7, 11) is 0. The fraction of sp³-hybridized carbons (Fsp3) is 0.227. The number of nitrogens with one attached hydrogen (secondary N) is 1. The van der Waals surface area contributed by atoms with E-state index in [1.807, 2.05) is 24.3 Å². The van der Waals surface area contributed by atoms with Gasteiger partial charge in [-0.15, -0.1) is 0 Å². The van der Waals surface area contributed by atoms with Gasteiger partial charge in [-0.3, -0.25) is 9.36 Å². The summed E-state index contributed by atoms with van der Waals surface area (Å²) < 4.78 is 13.4. The second-order valence-corrected chi connectivity index (χ2v) is 7.32. The van der Waals surface area contributed by atoms with Crippen LogP contribution in [0.1, 0.15) is 16.6 Å². The lowest BCUT2D eigenvalue weighted by molar-refractivity contribution is -0.0514. The van der Waals surface area contributed by atoms with Crippen LogP contribution in [0.5, 0.6) is 5.75 Å². The molecule has 0 radical (unpaired) electrons. The van der Waals surface area contributed by atoms with Crippen LogP contribution in [-0.2, 0) is 4.74 Å². The topological polar surface area (TPSA) is 106 Å². The Bertz CT molecular complexity index is 1090. The highest BCUT2D eigenvalue weighted by Crippen LogP contribution is 2.33. The fourth-order valence-electron chi connectivity index (χ4n) is 3.33. The standard InChI is InChI=1S/C22H21N3O5S/c26-13-16-18(27)19(29-15-9-5-2-6-10-15)21(30-16)25-12-11-17(24-22(25)31)23-20(28)14-7-3-1-4-8-14/h1-12,16,18-19,21,26-27H,13H2,(H,23,24,28,31)/t16-,18?,19?,21-/m1/s1. The molecule has 0 aliphatic carbocycles. The smallest absolute Gasteiger partial charge is 0.256 e. The first-order chi connectivity index (χ1) is 15.1. The molecule has 3 aromatic rings. The molecule has 0 spiro atoms. The first-order valence-corrected chi connectivity index (χ1v) is 10.1. The van der Waals surface area contributed by atoms with Crippen molar-refractivity contribution in [2.75, 3.05) is 11.9 Å². The number of aliphatic hydroxyl groups excluding tert-OH is 2. The third-order valence-electron chi connectivity index (χ3n) is 4.89. The predicted octanol–water partition coefficient (Wildman–Crippen LogP) is 2.56. The lowest BCUT2D eigenvalue weighted by Crippen LogP contribution is -2.37. The minimum Gasteiger partial charge on any atom is -0.483 e. The molecule has 1 fully saturated rings. The number of anilines is 1. The monoisotopic (exact) mass is 439 g/mol. The van der Waals surface area contributed by atoms with E-state index in [0.29, 0.717) is 11.3 Å². The molecule has 160 valence electrons.